The van der Waals surface area contributed by atoms with E-state index in [1.807, 2.05) is 0 Å². The Bertz CT molecular complexity index is 1070. The lowest BCUT2D eigenvalue weighted by molar-refractivity contribution is -0.145. The van der Waals surface area contributed by atoms with Crippen LogP contribution in [0.3, 0.4) is 0 Å². The average molecular weight is 450 g/mol. The number of benzene rings is 2. The highest BCUT2D eigenvalue weighted by Gasteiger charge is 2.57. The van der Waals surface area contributed by atoms with Crippen molar-refractivity contribution in [1.82, 2.24) is 10.0 Å². The highest BCUT2D eigenvalue weighted by molar-refractivity contribution is 7.80. The topological polar surface area (TPSA) is 47.4 Å². The van der Waals surface area contributed by atoms with Gasteiger partial charge < -0.3 is 0 Å². The van der Waals surface area contributed by atoms with Gasteiger partial charge in [-0.1, -0.05) is 17.1 Å². The molecule has 0 aliphatic carbocycles. The van der Waals surface area contributed by atoms with Crippen LogP contribution in [0, 0.1) is 40.3 Å². The maximum absolute atomic E-state index is 15.2. The number of carbonyl (C=O) groups excluding carboxylic acids is 1. The van der Waals surface area contributed by atoms with Gasteiger partial charge in [-0.05, 0) is 25.1 Å². The normalized spacial score (nSPS) is 22.1. The molecule has 12 heteroatoms. The fraction of sp³-hybridized carbons (Fsp3) is 0.222. The number of hydrogen-bond acceptors (Lipinski definition) is 2. The van der Waals surface area contributed by atoms with E-state index in [0.29, 0.717) is 23.1 Å². The lowest BCUT2D eigenvalue weighted by atomic mass is 9.72. The zero-order chi connectivity index (χ0) is 22.7. The smallest absolute Gasteiger partial charge is 0.239 e. The molecule has 159 valence electrons. The summed E-state index contributed by atoms with van der Waals surface area (Å²) in [5.74, 6) is -15.6. The maximum atomic E-state index is 15.2. The van der Waals surface area contributed by atoms with Crippen molar-refractivity contribution >= 4 is 24.5 Å². The van der Waals surface area contributed by atoms with Crippen LogP contribution >= 0.6 is 12.6 Å². The van der Waals surface area contributed by atoms with Crippen LogP contribution in [-0.4, -0.2) is 28.9 Å². The molecule has 0 aromatic heterocycles. The number of halogens is 7. The number of nitrogens with zero attached hydrogens (tertiary/aromatic N) is 2. The van der Waals surface area contributed by atoms with Crippen LogP contribution in [0.25, 0.3) is 0 Å². The summed E-state index contributed by atoms with van der Waals surface area (Å²) in [5.41, 5.74) is -5.28. The fourth-order valence-corrected chi connectivity index (χ4v) is 3.62. The number of rotatable bonds is 2. The second-order valence-corrected chi connectivity index (χ2v) is 7.11. The van der Waals surface area contributed by atoms with Crippen molar-refractivity contribution in [3.63, 3.8) is 0 Å². The van der Waals surface area contributed by atoms with E-state index >= 15 is 4.48 Å². The van der Waals surface area contributed by atoms with Gasteiger partial charge >= 0.3 is 0 Å². The zero-order valence-electron chi connectivity index (χ0n) is 15.2. The van der Waals surface area contributed by atoms with Gasteiger partial charge in [-0.2, -0.15) is 5.12 Å². The number of likely N-dealkylation sites (N-methyl/N-ethyl adjacent to an activating group) is 1. The fourth-order valence-electron chi connectivity index (χ4n) is 3.44. The highest BCUT2D eigenvalue weighted by Crippen LogP contribution is 2.49. The minimum atomic E-state index is -2.80. The Labute approximate surface area is 170 Å². The van der Waals surface area contributed by atoms with Crippen molar-refractivity contribution in [1.29, 1.82) is 5.41 Å². The third-order valence-corrected chi connectivity index (χ3v) is 5.43. The average Bonchev–Trinajstić information content (AvgIpc) is 2.72. The molecule has 1 amide bonds. The van der Waals surface area contributed by atoms with E-state index in [-0.39, 0.29) is 0 Å². The molecule has 1 saturated heterocycles. The molecule has 1 aliphatic heterocycles. The quantitative estimate of drug-likeness (QED) is 0.411. The van der Waals surface area contributed by atoms with Gasteiger partial charge in [0.05, 0.1) is 5.92 Å². The van der Waals surface area contributed by atoms with Gasteiger partial charge in [0.1, 0.15) is 22.1 Å². The van der Waals surface area contributed by atoms with E-state index in [0.717, 1.165) is 14.0 Å². The van der Waals surface area contributed by atoms with E-state index < -0.39 is 79.4 Å². The predicted octanol–water partition coefficient (Wildman–Crippen LogP) is 4.67. The Morgan fingerprint density at radius 1 is 1.03 bits per heavy atom. The van der Waals surface area contributed by atoms with Crippen LogP contribution in [0.1, 0.15) is 24.0 Å². The molecule has 1 N–H and O–H groups in total. The molecule has 30 heavy (non-hydrogen) atoms. The second-order valence-electron chi connectivity index (χ2n) is 6.71. The Hall–Kier alpha value is -2.89. The maximum Gasteiger partial charge on any atom is 0.239 e. The van der Waals surface area contributed by atoms with E-state index in [9.17, 15) is 31.1 Å². The van der Waals surface area contributed by atoms with Crippen molar-refractivity contribution in [2.45, 2.75) is 23.3 Å². The summed E-state index contributed by atoms with van der Waals surface area (Å²) in [6.45, 7) is 0.741. The molecule has 2 aromatic rings. The van der Waals surface area contributed by atoms with Crippen LogP contribution in [0.2, 0.25) is 0 Å². The number of carbonyl (C=O) groups is 1. The van der Waals surface area contributed by atoms with E-state index in [4.69, 9.17) is 5.41 Å². The highest BCUT2D eigenvalue weighted by atomic mass is 32.1. The van der Waals surface area contributed by atoms with Crippen LogP contribution in [0.15, 0.2) is 23.1 Å². The first-order chi connectivity index (χ1) is 13.8. The molecular formula is C18H11F7N3OS. The lowest BCUT2D eigenvalue weighted by Gasteiger charge is -2.48. The van der Waals surface area contributed by atoms with Crippen molar-refractivity contribution in [3.05, 3.63) is 64.2 Å². The molecule has 0 unspecified atom stereocenters. The Kier molecular flexibility index (Phi) is 5.17. The zero-order valence-corrected chi connectivity index (χ0v) is 16.0. The Morgan fingerprint density at radius 2 is 1.57 bits per heavy atom. The molecule has 2 aromatic carbocycles. The molecule has 0 bridgehead atoms. The third kappa shape index (κ3) is 2.81. The van der Waals surface area contributed by atoms with Gasteiger partial charge in [0, 0.05) is 18.2 Å². The molecule has 1 aliphatic rings. The number of hydrogen-bond donors (Lipinski definition) is 1. The second kappa shape index (κ2) is 7.11. The molecule has 1 fully saturated rings. The van der Waals surface area contributed by atoms with Crippen molar-refractivity contribution in [3.8, 4) is 0 Å². The Balaban J connectivity index is 2.45. The summed E-state index contributed by atoms with van der Waals surface area (Å²) < 4.78 is 101. The molecule has 2 atom stereocenters. The first-order valence-electron chi connectivity index (χ1n) is 8.16. The van der Waals surface area contributed by atoms with E-state index in [2.05, 4.69) is 12.6 Å². The van der Waals surface area contributed by atoms with Crippen LogP contribution in [0.5, 0.6) is 0 Å². The predicted molar refractivity (Wildman–Crippen MR) is 92.0 cm³/mol. The van der Waals surface area contributed by atoms with Gasteiger partial charge in [-0.15, -0.1) is 0 Å². The number of guanidine groups is 1. The third-order valence-electron chi connectivity index (χ3n) is 5.07. The molecule has 4 nitrogen and oxygen atoms in total. The Morgan fingerprint density at radius 3 is 2.10 bits per heavy atom. The standard InChI is InChI=1S/C18H11F7N3OS/c1-18(7-5-6(19)3-4-8(7)20)10(16(29)27(2)17(26)28(18)25)9-11(21)13(23)15(30)14(24)12(9)22/h3-5,10,26H,1-2H3/t10-,18+/m0/s1. The van der Waals surface area contributed by atoms with Gasteiger partial charge in [0.2, 0.25) is 11.9 Å². The molecular weight excluding hydrogens is 439 g/mol. The van der Waals surface area contributed by atoms with E-state index in [1.165, 1.54) is 0 Å². The first-order valence-corrected chi connectivity index (χ1v) is 8.57. The van der Waals surface area contributed by atoms with Crippen molar-refractivity contribution in [2.75, 3.05) is 7.05 Å². The lowest BCUT2D eigenvalue weighted by Crippen LogP contribution is -2.62. The summed E-state index contributed by atoms with van der Waals surface area (Å²) >= 11 is 4.26. The molecule has 0 spiro atoms. The van der Waals surface area contributed by atoms with E-state index in [1.54, 1.807) is 0 Å². The minimum absolute atomic E-state index is 0.305. The van der Waals surface area contributed by atoms with Crippen molar-refractivity contribution < 1.29 is 35.6 Å². The molecule has 0 saturated carbocycles. The molecule has 1 heterocycles. The van der Waals surface area contributed by atoms with Crippen LogP contribution in [0.4, 0.5) is 30.8 Å². The first kappa shape index (κ1) is 21.8. The SMILES string of the molecule is CN1C(=N)N(F)[C@](C)(c2cc(F)ccc2F)[C@@H](c2c(F)c(F)c([S])c(F)c2F)C1=O. The molecule has 1 radical (unpaired) electrons. The number of amides is 1. The molecule has 3 rings (SSSR count). The van der Waals surface area contributed by atoms with Gasteiger partial charge in [-0.3, -0.25) is 15.1 Å². The number of nitrogens with one attached hydrogen (secondary N) is 1. The van der Waals surface area contributed by atoms with Crippen LogP contribution in [-0.2, 0) is 10.3 Å². The van der Waals surface area contributed by atoms with Crippen molar-refractivity contribution in [2.24, 2.45) is 0 Å². The van der Waals surface area contributed by atoms with Gasteiger partial charge in [0.25, 0.3) is 0 Å². The summed E-state index contributed by atoms with van der Waals surface area (Å²) in [4.78, 5) is 11.7. The monoisotopic (exact) mass is 450 g/mol. The van der Waals surface area contributed by atoms with Crippen LogP contribution < -0.4 is 0 Å². The minimum Gasteiger partial charge on any atom is -0.283 e. The summed E-state index contributed by atoms with van der Waals surface area (Å²) in [6.07, 6.45) is 0. The summed E-state index contributed by atoms with van der Waals surface area (Å²) in [6, 6.07) is 1.67. The largest absolute Gasteiger partial charge is 0.283 e. The van der Waals surface area contributed by atoms with Gasteiger partial charge in [-0.25, -0.2) is 26.3 Å². The summed E-state index contributed by atoms with van der Waals surface area (Å²) in [7, 11) is 0.857. The van der Waals surface area contributed by atoms with Gasteiger partial charge in [0.15, 0.2) is 23.3 Å². The summed E-state index contributed by atoms with van der Waals surface area (Å²) in [5, 5.41) is 7.19.